The SMILES string of the molecule is CCc1cccc(-c2ccc(C=O)o2)c1. The van der Waals surface area contributed by atoms with E-state index in [9.17, 15) is 4.79 Å². The molecule has 0 spiro atoms. The highest BCUT2D eigenvalue weighted by atomic mass is 16.3. The summed E-state index contributed by atoms with van der Waals surface area (Å²) in [6.07, 6.45) is 1.71. The summed E-state index contributed by atoms with van der Waals surface area (Å²) < 4.78 is 5.35. The molecule has 0 saturated heterocycles. The quantitative estimate of drug-likeness (QED) is 0.711. The highest BCUT2D eigenvalue weighted by Gasteiger charge is 2.03. The largest absolute Gasteiger partial charge is 0.453 e. The van der Waals surface area contributed by atoms with Crippen molar-refractivity contribution in [3.8, 4) is 11.3 Å². The van der Waals surface area contributed by atoms with Gasteiger partial charge in [0.05, 0.1) is 0 Å². The first-order valence-electron chi connectivity index (χ1n) is 4.98. The molecule has 0 N–H and O–H groups in total. The fraction of sp³-hybridized carbons (Fsp3) is 0.154. The van der Waals surface area contributed by atoms with Crippen LogP contribution in [0.15, 0.2) is 40.8 Å². The lowest BCUT2D eigenvalue weighted by atomic mass is 10.1. The molecule has 15 heavy (non-hydrogen) atoms. The van der Waals surface area contributed by atoms with Crippen molar-refractivity contribution in [2.24, 2.45) is 0 Å². The van der Waals surface area contributed by atoms with Crippen molar-refractivity contribution >= 4 is 6.29 Å². The molecule has 0 aliphatic carbocycles. The standard InChI is InChI=1S/C13H12O2/c1-2-10-4-3-5-11(8-10)13-7-6-12(9-14)15-13/h3-9H,2H2,1H3. The van der Waals surface area contributed by atoms with Gasteiger partial charge in [0.1, 0.15) is 5.76 Å². The Labute approximate surface area is 88.5 Å². The summed E-state index contributed by atoms with van der Waals surface area (Å²) in [7, 11) is 0. The molecule has 0 amide bonds. The molecule has 2 heteroatoms. The van der Waals surface area contributed by atoms with Gasteiger partial charge in [-0.3, -0.25) is 4.79 Å². The predicted molar refractivity (Wildman–Crippen MR) is 58.9 cm³/mol. The second kappa shape index (κ2) is 4.13. The van der Waals surface area contributed by atoms with Crippen LogP contribution in [-0.2, 0) is 6.42 Å². The monoisotopic (exact) mass is 200 g/mol. The van der Waals surface area contributed by atoms with E-state index in [2.05, 4.69) is 19.1 Å². The van der Waals surface area contributed by atoms with Crippen molar-refractivity contribution in [2.75, 3.05) is 0 Å². The van der Waals surface area contributed by atoms with Crippen LogP contribution < -0.4 is 0 Å². The Kier molecular flexibility index (Phi) is 2.68. The average Bonchev–Trinajstić information content (AvgIpc) is 2.78. The van der Waals surface area contributed by atoms with Gasteiger partial charge in [-0.25, -0.2) is 0 Å². The molecule has 76 valence electrons. The Hall–Kier alpha value is -1.83. The first-order chi connectivity index (χ1) is 7.33. The zero-order valence-electron chi connectivity index (χ0n) is 8.57. The van der Waals surface area contributed by atoms with Gasteiger partial charge >= 0.3 is 0 Å². The maximum atomic E-state index is 10.5. The summed E-state index contributed by atoms with van der Waals surface area (Å²) >= 11 is 0. The highest BCUT2D eigenvalue weighted by Crippen LogP contribution is 2.22. The van der Waals surface area contributed by atoms with Gasteiger partial charge < -0.3 is 4.42 Å². The van der Waals surface area contributed by atoms with Crippen molar-refractivity contribution in [2.45, 2.75) is 13.3 Å². The van der Waals surface area contributed by atoms with Crippen LogP contribution >= 0.6 is 0 Å². The molecule has 2 rings (SSSR count). The molecule has 0 saturated carbocycles. The lowest BCUT2D eigenvalue weighted by Gasteiger charge is -1.99. The van der Waals surface area contributed by atoms with E-state index in [-0.39, 0.29) is 0 Å². The first kappa shape index (κ1) is 9.71. The highest BCUT2D eigenvalue weighted by molar-refractivity contribution is 5.72. The van der Waals surface area contributed by atoms with Crippen LogP contribution in [-0.4, -0.2) is 6.29 Å². The summed E-state index contributed by atoms with van der Waals surface area (Å²) in [4.78, 5) is 10.5. The molecule has 1 heterocycles. The van der Waals surface area contributed by atoms with Gasteiger partial charge in [0.15, 0.2) is 12.0 Å². The van der Waals surface area contributed by atoms with Gasteiger partial charge in [0, 0.05) is 5.56 Å². The van der Waals surface area contributed by atoms with Crippen molar-refractivity contribution in [1.82, 2.24) is 0 Å². The van der Waals surface area contributed by atoms with Crippen LogP contribution in [0.3, 0.4) is 0 Å². The van der Waals surface area contributed by atoms with Crippen LogP contribution in [0.2, 0.25) is 0 Å². The van der Waals surface area contributed by atoms with Gasteiger partial charge in [-0.2, -0.15) is 0 Å². The van der Waals surface area contributed by atoms with E-state index < -0.39 is 0 Å². The van der Waals surface area contributed by atoms with Gasteiger partial charge in [-0.15, -0.1) is 0 Å². The third-order valence-corrected chi connectivity index (χ3v) is 2.36. The Morgan fingerprint density at radius 3 is 2.80 bits per heavy atom. The number of benzene rings is 1. The minimum atomic E-state index is 0.368. The summed E-state index contributed by atoms with van der Waals surface area (Å²) in [5, 5.41) is 0. The molecular weight excluding hydrogens is 188 g/mol. The van der Waals surface area contributed by atoms with Crippen LogP contribution in [0.4, 0.5) is 0 Å². The minimum absolute atomic E-state index is 0.368. The Balaban J connectivity index is 2.39. The van der Waals surface area contributed by atoms with E-state index in [1.165, 1.54) is 5.56 Å². The fourth-order valence-electron chi connectivity index (χ4n) is 1.52. The van der Waals surface area contributed by atoms with Gasteiger partial charge in [-0.05, 0) is 30.2 Å². The maximum absolute atomic E-state index is 10.5. The van der Waals surface area contributed by atoms with Gasteiger partial charge in [0.2, 0.25) is 0 Å². The van der Waals surface area contributed by atoms with E-state index in [0.29, 0.717) is 12.0 Å². The topological polar surface area (TPSA) is 30.2 Å². The van der Waals surface area contributed by atoms with Crippen molar-refractivity contribution in [3.63, 3.8) is 0 Å². The van der Waals surface area contributed by atoms with E-state index in [1.54, 1.807) is 6.07 Å². The van der Waals surface area contributed by atoms with E-state index in [4.69, 9.17) is 4.42 Å². The zero-order valence-corrected chi connectivity index (χ0v) is 8.57. The third-order valence-electron chi connectivity index (χ3n) is 2.36. The van der Waals surface area contributed by atoms with E-state index in [1.807, 2.05) is 18.2 Å². The van der Waals surface area contributed by atoms with Crippen molar-refractivity contribution in [1.29, 1.82) is 0 Å². The van der Waals surface area contributed by atoms with E-state index >= 15 is 0 Å². The number of aryl methyl sites for hydroxylation is 1. The summed E-state index contributed by atoms with van der Waals surface area (Å²) in [5.74, 6) is 1.11. The third kappa shape index (κ3) is 1.99. The number of carbonyl (C=O) groups excluding carboxylic acids is 1. The Morgan fingerprint density at radius 1 is 1.27 bits per heavy atom. The number of hydrogen-bond donors (Lipinski definition) is 0. The molecule has 0 aliphatic heterocycles. The molecule has 0 radical (unpaired) electrons. The average molecular weight is 200 g/mol. The summed E-state index contributed by atoms with van der Waals surface area (Å²) in [5.41, 5.74) is 2.28. The number of furan rings is 1. The Bertz CT molecular complexity index is 469. The number of hydrogen-bond acceptors (Lipinski definition) is 2. The molecule has 1 aromatic heterocycles. The Morgan fingerprint density at radius 2 is 2.13 bits per heavy atom. The molecule has 1 aromatic carbocycles. The van der Waals surface area contributed by atoms with Gasteiger partial charge in [-0.1, -0.05) is 25.1 Å². The number of carbonyl (C=O) groups is 1. The lowest BCUT2D eigenvalue weighted by molar-refractivity contribution is 0.110. The van der Waals surface area contributed by atoms with Crippen molar-refractivity contribution < 1.29 is 9.21 Å². The molecule has 2 aromatic rings. The minimum Gasteiger partial charge on any atom is -0.453 e. The molecule has 0 aliphatic rings. The van der Waals surface area contributed by atoms with Gasteiger partial charge in [0.25, 0.3) is 0 Å². The summed E-state index contributed by atoms with van der Waals surface area (Å²) in [6, 6.07) is 11.6. The van der Waals surface area contributed by atoms with Crippen molar-refractivity contribution in [3.05, 3.63) is 47.7 Å². The van der Waals surface area contributed by atoms with Crippen LogP contribution in [0.5, 0.6) is 0 Å². The van der Waals surface area contributed by atoms with Crippen LogP contribution in [0.25, 0.3) is 11.3 Å². The number of aldehydes is 1. The molecule has 2 nitrogen and oxygen atoms in total. The fourth-order valence-corrected chi connectivity index (χ4v) is 1.52. The number of rotatable bonds is 3. The smallest absolute Gasteiger partial charge is 0.185 e. The predicted octanol–water partition coefficient (Wildman–Crippen LogP) is 3.32. The molecule has 0 unspecified atom stereocenters. The van der Waals surface area contributed by atoms with E-state index in [0.717, 1.165) is 17.7 Å². The summed E-state index contributed by atoms with van der Waals surface area (Å²) in [6.45, 7) is 2.11. The zero-order chi connectivity index (χ0) is 10.7. The molecular formula is C13H12O2. The first-order valence-corrected chi connectivity index (χ1v) is 4.98. The second-order valence-electron chi connectivity index (χ2n) is 3.37. The molecule has 0 bridgehead atoms. The normalized spacial score (nSPS) is 10.2. The second-order valence-corrected chi connectivity index (χ2v) is 3.37. The maximum Gasteiger partial charge on any atom is 0.185 e. The van der Waals surface area contributed by atoms with Crippen LogP contribution in [0, 0.1) is 0 Å². The van der Waals surface area contributed by atoms with Crippen LogP contribution in [0.1, 0.15) is 23.0 Å². The molecule has 0 fully saturated rings. The molecule has 0 atom stereocenters. The lowest BCUT2D eigenvalue weighted by Crippen LogP contribution is -1.80.